The molecule has 0 aliphatic carbocycles. The predicted molar refractivity (Wildman–Crippen MR) is 106 cm³/mol. The average molecular weight is 407 g/mol. The van der Waals surface area contributed by atoms with E-state index in [4.69, 9.17) is 14.2 Å². The van der Waals surface area contributed by atoms with E-state index in [2.05, 4.69) is 10.6 Å². The van der Waals surface area contributed by atoms with Crippen LogP contribution in [-0.4, -0.2) is 75.2 Å². The summed E-state index contributed by atoms with van der Waals surface area (Å²) < 4.78 is 16.1. The van der Waals surface area contributed by atoms with Gasteiger partial charge >= 0.3 is 5.97 Å². The van der Waals surface area contributed by atoms with E-state index >= 15 is 0 Å². The molecule has 0 bridgehead atoms. The zero-order valence-corrected chi connectivity index (χ0v) is 16.8. The minimum Gasteiger partial charge on any atom is -0.480 e. The van der Waals surface area contributed by atoms with Crippen LogP contribution in [0.5, 0.6) is 11.5 Å². The van der Waals surface area contributed by atoms with Gasteiger partial charge in [0.2, 0.25) is 0 Å². The highest BCUT2D eigenvalue weighted by Crippen LogP contribution is 2.26. The quantitative estimate of drug-likeness (QED) is 0.696. The van der Waals surface area contributed by atoms with Crippen molar-refractivity contribution in [1.82, 2.24) is 15.5 Å². The summed E-state index contributed by atoms with van der Waals surface area (Å²) in [5, 5.41) is 5.60. The van der Waals surface area contributed by atoms with E-state index < -0.39 is 0 Å². The average Bonchev–Trinajstić information content (AvgIpc) is 2.71. The van der Waals surface area contributed by atoms with Crippen molar-refractivity contribution in [1.29, 1.82) is 0 Å². The lowest BCUT2D eigenvalue weighted by molar-refractivity contribution is -0.144. The molecule has 1 aromatic rings. The van der Waals surface area contributed by atoms with Crippen LogP contribution < -0.4 is 20.1 Å². The van der Waals surface area contributed by atoms with E-state index in [0.717, 1.165) is 0 Å². The first-order chi connectivity index (χ1) is 14.1. The van der Waals surface area contributed by atoms with Gasteiger partial charge in [-0.15, -0.1) is 0 Å². The number of esters is 1. The molecule has 0 fully saturated rings. The molecule has 1 aromatic carbocycles. The molecule has 1 heterocycles. The molecule has 9 nitrogen and oxygen atoms in total. The number of carbonyl (C=O) groups excluding carboxylic acids is 3. The summed E-state index contributed by atoms with van der Waals surface area (Å²) in [5.41, 5.74) is 0. The molecule has 2 rings (SSSR count). The molecule has 9 heteroatoms. The molecule has 0 aromatic heterocycles. The Balaban J connectivity index is 1.96. The van der Waals surface area contributed by atoms with Gasteiger partial charge in [0, 0.05) is 26.2 Å². The number of hydrogen-bond acceptors (Lipinski definition) is 7. The van der Waals surface area contributed by atoms with E-state index in [1.54, 1.807) is 31.2 Å². The molecule has 0 unspecified atom stereocenters. The topological polar surface area (TPSA) is 106 Å². The minimum atomic E-state index is -0.286. The van der Waals surface area contributed by atoms with Crippen LogP contribution in [0.4, 0.5) is 0 Å². The Kier molecular flexibility index (Phi) is 9.77. The van der Waals surface area contributed by atoms with Crippen LogP contribution in [0.3, 0.4) is 0 Å². The van der Waals surface area contributed by atoms with Crippen LogP contribution >= 0.6 is 0 Å². The number of hydrogen-bond donors (Lipinski definition) is 2. The van der Waals surface area contributed by atoms with Gasteiger partial charge in [0.05, 0.1) is 13.2 Å². The molecule has 1 aliphatic heterocycles. The number of fused-ring (bicyclic) bond motifs is 1. The van der Waals surface area contributed by atoms with Crippen LogP contribution in [0.1, 0.15) is 19.8 Å². The van der Waals surface area contributed by atoms with Crippen molar-refractivity contribution in [3.63, 3.8) is 0 Å². The monoisotopic (exact) mass is 407 g/mol. The van der Waals surface area contributed by atoms with Crippen molar-refractivity contribution in [2.45, 2.75) is 19.8 Å². The first-order valence-corrected chi connectivity index (χ1v) is 9.84. The Labute approximate surface area is 170 Å². The smallest absolute Gasteiger partial charge is 0.320 e. The fourth-order valence-corrected chi connectivity index (χ4v) is 2.80. The van der Waals surface area contributed by atoms with Gasteiger partial charge in [-0.2, -0.15) is 0 Å². The number of rotatable bonds is 3. The van der Waals surface area contributed by atoms with Crippen molar-refractivity contribution in [2.75, 3.05) is 52.5 Å². The number of benzene rings is 1. The summed E-state index contributed by atoms with van der Waals surface area (Å²) >= 11 is 0. The molecule has 0 saturated carbocycles. The summed E-state index contributed by atoms with van der Waals surface area (Å²) in [5.74, 6) is 0.0180. The second-order valence-corrected chi connectivity index (χ2v) is 6.51. The van der Waals surface area contributed by atoms with E-state index in [9.17, 15) is 14.4 Å². The maximum absolute atomic E-state index is 12.0. The Hall–Kier alpha value is -2.81. The van der Waals surface area contributed by atoms with E-state index in [0.29, 0.717) is 57.1 Å². The number of nitrogens with one attached hydrogen (secondary N) is 2. The third-order valence-electron chi connectivity index (χ3n) is 4.17. The third-order valence-corrected chi connectivity index (χ3v) is 4.17. The lowest BCUT2D eigenvalue weighted by Gasteiger charge is -2.21. The number of nitrogens with zero attached hydrogens (tertiary/aromatic N) is 1. The molecule has 0 atom stereocenters. The number of amides is 2. The van der Waals surface area contributed by atoms with Gasteiger partial charge in [0.15, 0.2) is 24.7 Å². The molecular formula is C20H29N3O6. The van der Waals surface area contributed by atoms with Gasteiger partial charge in [-0.3, -0.25) is 19.3 Å². The Morgan fingerprint density at radius 2 is 1.52 bits per heavy atom. The fraction of sp³-hybridized carbons (Fsp3) is 0.550. The summed E-state index contributed by atoms with van der Waals surface area (Å²) in [7, 11) is 0. The Morgan fingerprint density at radius 3 is 2.00 bits per heavy atom. The number of para-hydroxylation sites is 2. The van der Waals surface area contributed by atoms with Crippen molar-refractivity contribution in [3.8, 4) is 11.5 Å². The highest BCUT2D eigenvalue weighted by molar-refractivity contribution is 5.78. The molecule has 0 radical (unpaired) electrons. The second-order valence-electron chi connectivity index (χ2n) is 6.51. The zero-order valence-electron chi connectivity index (χ0n) is 16.8. The van der Waals surface area contributed by atoms with E-state index in [1.165, 1.54) is 0 Å². The summed E-state index contributed by atoms with van der Waals surface area (Å²) in [6, 6.07) is 6.89. The van der Waals surface area contributed by atoms with Crippen molar-refractivity contribution < 1.29 is 28.6 Å². The van der Waals surface area contributed by atoms with E-state index in [-0.39, 0.29) is 37.5 Å². The minimum absolute atomic E-state index is 0.154. The van der Waals surface area contributed by atoms with Gasteiger partial charge in [0.1, 0.15) is 0 Å². The summed E-state index contributed by atoms with van der Waals surface area (Å²) in [6.07, 6.45) is 1.36. The SMILES string of the molecule is CCOC(=O)CN1CCCNC(=O)COc2ccccc2OCC(=O)NCCC1. The zero-order chi connectivity index (χ0) is 20.9. The lowest BCUT2D eigenvalue weighted by atomic mass is 10.3. The number of carbonyl (C=O) groups is 3. The third kappa shape index (κ3) is 8.82. The predicted octanol–water partition coefficient (Wildman–Crippen LogP) is 0.336. The maximum Gasteiger partial charge on any atom is 0.320 e. The second kappa shape index (κ2) is 12.6. The van der Waals surface area contributed by atoms with Crippen molar-refractivity contribution in [3.05, 3.63) is 24.3 Å². The maximum atomic E-state index is 12.0. The first kappa shape index (κ1) is 22.5. The molecule has 1 aliphatic rings. The van der Waals surface area contributed by atoms with Crippen LogP contribution in [0.2, 0.25) is 0 Å². The van der Waals surface area contributed by atoms with Gasteiger partial charge in [-0.05, 0) is 31.9 Å². The van der Waals surface area contributed by atoms with E-state index in [1.807, 2.05) is 4.90 Å². The van der Waals surface area contributed by atoms with Crippen molar-refractivity contribution in [2.24, 2.45) is 0 Å². The first-order valence-electron chi connectivity index (χ1n) is 9.84. The summed E-state index contributed by atoms with van der Waals surface area (Å²) in [4.78, 5) is 37.8. The molecule has 29 heavy (non-hydrogen) atoms. The normalized spacial score (nSPS) is 17.6. The molecule has 160 valence electrons. The summed E-state index contributed by atoms with van der Waals surface area (Å²) in [6.45, 7) is 4.16. The lowest BCUT2D eigenvalue weighted by Crippen LogP contribution is -2.37. The highest BCUT2D eigenvalue weighted by Gasteiger charge is 2.13. The molecular weight excluding hydrogens is 378 g/mol. The van der Waals surface area contributed by atoms with Crippen LogP contribution in [0.15, 0.2) is 24.3 Å². The van der Waals surface area contributed by atoms with Crippen molar-refractivity contribution >= 4 is 17.8 Å². The van der Waals surface area contributed by atoms with Gasteiger partial charge in [-0.25, -0.2) is 0 Å². The molecule has 0 spiro atoms. The van der Waals surface area contributed by atoms with Gasteiger partial charge in [0.25, 0.3) is 11.8 Å². The largest absolute Gasteiger partial charge is 0.480 e. The molecule has 2 N–H and O–H groups in total. The van der Waals surface area contributed by atoms with Gasteiger partial charge in [-0.1, -0.05) is 12.1 Å². The van der Waals surface area contributed by atoms with Gasteiger partial charge < -0.3 is 24.8 Å². The van der Waals surface area contributed by atoms with Crippen LogP contribution in [0.25, 0.3) is 0 Å². The number of ether oxygens (including phenoxy) is 3. The van der Waals surface area contributed by atoms with Crippen LogP contribution in [0, 0.1) is 0 Å². The fourth-order valence-electron chi connectivity index (χ4n) is 2.80. The van der Waals surface area contributed by atoms with Crippen LogP contribution in [-0.2, 0) is 19.1 Å². The molecule has 2 amide bonds. The Bertz CT molecular complexity index is 635. The Morgan fingerprint density at radius 1 is 1.00 bits per heavy atom. The standard InChI is InChI=1S/C20H29N3O6/c1-2-27-20(26)13-23-11-5-9-21-18(24)14-28-16-7-3-4-8-17(16)29-15-19(25)22-10-6-12-23/h3-4,7-8H,2,5-6,9-15H2,1H3,(H,21,24)(H,22,25). The molecule has 0 saturated heterocycles. The highest BCUT2D eigenvalue weighted by atomic mass is 16.5.